The molecule has 2 rings (SSSR count). The van der Waals surface area contributed by atoms with Crippen LogP contribution < -0.4 is 0 Å². The van der Waals surface area contributed by atoms with Crippen LogP contribution in [0.5, 0.6) is 0 Å². The van der Waals surface area contributed by atoms with Crippen LogP contribution in [0.2, 0.25) is 0 Å². The number of hydrogen-bond acceptors (Lipinski definition) is 4. The third-order valence-electron chi connectivity index (χ3n) is 3.05. The van der Waals surface area contributed by atoms with Gasteiger partial charge in [-0.1, -0.05) is 25.8 Å². The minimum absolute atomic E-state index is 0.148. The van der Waals surface area contributed by atoms with Crippen LogP contribution in [0.25, 0.3) is 0 Å². The lowest BCUT2D eigenvalue weighted by Crippen LogP contribution is -2.23. The summed E-state index contributed by atoms with van der Waals surface area (Å²) in [6, 6.07) is 0. The van der Waals surface area contributed by atoms with Crippen molar-refractivity contribution in [3.8, 4) is 0 Å². The van der Waals surface area contributed by atoms with Crippen LogP contribution in [0.15, 0.2) is 12.7 Å². The minimum Gasteiger partial charge on any atom is -0.466 e. The fourth-order valence-electron chi connectivity index (χ4n) is 2.14. The van der Waals surface area contributed by atoms with Gasteiger partial charge in [0, 0.05) is 12.0 Å². The molecule has 4 heteroatoms. The first-order chi connectivity index (χ1) is 8.27. The molecule has 0 aromatic rings. The van der Waals surface area contributed by atoms with E-state index in [1.54, 1.807) is 0 Å². The van der Waals surface area contributed by atoms with Gasteiger partial charge in [-0.05, 0) is 12.8 Å². The van der Waals surface area contributed by atoms with Crippen molar-refractivity contribution in [2.75, 3.05) is 20.3 Å². The Balaban J connectivity index is 0.000000209. The molecule has 2 aliphatic rings. The van der Waals surface area contributed by atoms with Gasteiger partial charge in [-0.15, -0.1) is 0 Å². The predicted molar refractivity (Wildman–Crippen MR) is 64.5 cm³/mol. The van der Waals surface area contributed by atoms with Gasteiger partial charge in [-0.25, -0.2) is 4.79 Å². The van der Waals surface area contributed by atoms with E-state index >= 15 is 0 Å². The monoisotopic (exact) mass is 242 g/mol. The molecule has 4 nitrogen and oxygen atoms in total. The maximum Gasteiger partial charge on any atom is 0.329 e. The normalized spacial score (nSPS) is 21.5. The fourth-order valence-corrected chi connectivity index (χ4v) is 2.14. The van der Waals surface area contributed by atoms with Crippen LogP contribution in [0, 0.1) is 5.92 Å². The van der Waals surface area contributed by atoms with Crippen molar-refractivity contribution in [1.29, 1.82) is 0 Å². The number of ether oxygens (including phenoxy) is 3. The Morgan fingerprint density at radius 2 is 1.82 bits per heavy atom. The van der Waals surface area contributed by atoms with Crippen molar-refractivity contribution in [1.82, 2.24) is 0 Å². The lowest BCUT2D eigenvalue weighted by Gasteiger charge is -2.25. The summed E-state index contributed by atoms with van der Waals surface area (Å²) >= 11 is 0. The van der Waals surface area contributed by atoms with Crippen LogP contribution in [-0.4, -0.2) is 32.6 Å². The lowest BCUT2D eigenvalue weighted by molar-refractivity contribution is -0.134. The lowest BCUT2D eigenvalue weighted by atomic mass is 9.89. The molecule has 0 unspecified atom stereocenters. The third-order valence-corrected chi connectivity index (χ3v) is 3.05. The van der Waals surface area contributed by atoms with E-state index < -0.39 is 5.97 Å². The molecule has 0 atom stereocenters. The van der Waals surface area contributed by atoms with E-state index in [9.17, 15) is 4.79 Å². The molecule has 1 aliphatic heterocycles. The van der Waals surface area contributed by atoms with Gasteiger partial charge in [0.25, 0.3) is 0 Å². The number of hydrogen-bond donors (Lipinski definition) is 0. The minimum atomic E-state index is -0.394. The first-order valence-electron chi connectivity index (χ1n) is 6.21. The molecule has 2 fully saturated rings. The highest BCUT2D eigenvalue weighted by atomic mass is 16.7. The molecule has 0 aromatic heterocycles. The number of rotatable bonds is 2. The molecular weight excluding hydrogens is 220 g/mol. The van der Waals surface area contributed by atoms with Gasteiger partial charge in [-0.3, -0.25) is 0 Å². The van der Waals surface area contributed by atoms with Crippen LogP contribution in [0.4, 0.5) is 0 Å². The predicted octanol–water partition coefficient (Wildman–Crippen LogP) is 2.29. The first kappa shape index (κ1) is 14.2. The summed E-state index contributed by atoms with van der Waals surface area (Å²) in [6.07, 6.45) is 8.02. The van der Waals surface area contributed by atoms with Gasteiger partial charge in [0.1, 0.15) is 0 Å². The Bertz CT molecular complexity index is 228. The Labute approximate surface area is 103 Å². The summed E-state index contributed by atoms with van der Waals surface area (Å²) in [5.74, 6) is 0.307. The standard InChI is InChI=1S/C9H16O2.C4H6O2/c1-2-4-8(5-3-1)9-10-6-7-11-9;1-3-4(5)6-2/h8-9H,1-7H2;3H,1H2,2H3. The van der Waals surface area contributed by atoms with Crippen molar-refractivity contribution in [2.24, 2.45) is 5.92 Å². The van der Waals surface area contributed by atoms with Crippen LogP contribution in [-0.2, 0) is 19.0 Å². The van der Waals surface area contributed by atoms with E-state index in [0.717, 1.165) is 19.3 Å². The van der Waals surface area contributed by atoms with Crippen LogP contribution in [0.1, 0.15) is 32.1 Å². The number of esters is 1. The second kappa shape index (κ2) is 8.25. The molecule has 0 N–H and O–H groups in total. The van der Waals surface area contributed by atoms with E-state index in [1.807, 2.05) is 0 Å². The van der Waals surface area contributed by atoms with Gasteiger partial charge in [-0.2, -0.15) is 0 Å². The van der Waals surface area contributed by atoms with Crippen molar-refractivity contribution < 1.29 is 19.0 Å². The zero-order valence-corrected chi connectivity index (χ0v) is 10.5. The Morgan fingerprint density at radius 3 is 2.24 bits per heavy atom. The van der Waals surface area contributed by atoms with E-state index in [-0.39, 0.29) is 6.29 Å². The highest BCUT2D eigenvalue weighted by Gasteiger charge is 2.27. The Hall–Kier alpha value is -0.870. The van der Waals surface area contributed by atoms with Gasteiger partial charge in [0.15, 0.2) is 6.29 Å². The molecular formula is C13H22O4. The molecule has 0 amide bonds. The zero-order valence-electron chi connectivity index (χ0n) is 10.5. The van der Waals surface area contributed by atoms with Crippen molar-refractivity contribution in [3.05, 3.63) is 12.7 Å². The molecule has 17 heavy (non-hydrogen) atoms. The highest BCUT2D eigenvalue weighted by Crippen LogP contribution is 2.29. The van der Waals surface area contributed by atoms with E-state index in [0.29, 0.717) is 5.92 Å². The second-order valence-corrected chi connectivity index (χ2v) is 4.24. The average Bonchev–Trinajstić information content (AvgIpc) is 2.93. The Morgan fingerprint density at radius 1 is 1.24 bits per heavy atom. The van der Waals surface area contributed by atoms with Crippen molar-refractivity contribution in [2.45, 2.75) is 38.4 Å². The average molecular weight is 242 g/mol. The van der Waals surface area contributed by atoms with Crippen LogP contribution >= 0.6 is 0 Å². The molecule has 1 saturated carbocycles. The summed E-state index contributed by atoms with van der Waals surface area (Å²) in [4.78, 5) is 9.84. The molecule has 0 spiro atoms. The van der Waals surface area contributed by atoms with Gasteiger partial charge in [0.2, 0.25) is 0 Å². The quantitative estimate of drug-likeness (QED) is 0.550. The summed E-state index contributed by atoms with van der Waals surface area (Å²) in [6.45, 7) is 4.77. The van der Waals surface area contributed by atoms with Gasteiger partial charge >= 0.3 is 5.97 Å². The van der Waals surface area contributed by atoms with E-state index in [2.05, 4.69) is 11.3 Å². The van der Waals surface area contributed by atoms with Crippen molar-refractivity contribution in [3.63, 3.8) is 0 Å². The zero-order chi connectivity index (χ0) is 12.5. The third kappa shape index (κ3) is 5.33. The summed E-state index contributed by atoms with van der Waals surface area (Å²) in [5, 5.41) is 0. The molecule has 0 bridgehead atoms. The smallest absolute Gasteiger partial charge is 0.329 e. The maximum absolute atomic E-state index is 9.84. The highest BCUT2D eigenvalue weighted by molar-refractivity contribution is 5.80. The fraction of sp³-hybridized carbons (Fsp3) is 0.769. The number of carbonyl (C=O) groups is 1. The maximum atomic E-state index is 9.84. The van der Waals surface area contributed by atoms with Gasteiger partial charge < -0.3 is 14.2 Å². The summed E-state index contributed by atoms with van der Waals surface area (Å²) in [5.41, 5.74) is 0. The van der Waals surface area contributed by atoms with Gasteiger partial charge in [0.05, 0.1) is 20.3 Å². The molecule has 1 aliphatic carbocycles. The first-order valence-corrected chi connectivity index (χ1v) is 6.21. The Kier molecular flexibility index (Phi) is 6.89. The topological polar surface area (TPSA) is 44.8 Å². The molecule has 0 radical (unpaired) electrons. The molecule has 1 heterocycles. The van der Waals surface area contributed by atoms with Crippen LogP contribution in [0.3, 0.4) is 0 Å². The number of methoxy groups -OCH3 is 1. The molecule has 1 saturated heterocycles. The van der Waals surface area contributed by atoms with E-state index in [1.165, 1.54) is 39.2 Å². The van der Waals surface area contributed by atoms with Crippen molar-refractivity contribution >= 4 is 5.97 Å². The summed E-state index contributed by atoms with van der Waals surface area (Å²) in [7, 11) is 1.31. The second-order valence-electron chi connectivity index (χ2n) is 4.24. The summed E-state index contributed by atoms with van der Waals surface area (Å²) < 4.78 is 15.1. The molecule has 98 valence electrons. The number of carbonyl (C=O) groups excluding carboxylic acids is 1. The largest absolute Gasteiger partial charge is 0.466 e. The SMILES string of the molecule is C1CCC(C2OCCO2)CC1.C=CC(=O)OC. The van der Waals surface area contributed by atoms with E-state index in [4.69, 9.17) is 9.47 Å². The molecule has 0 aromatic carbocycles.